The van der Waals surface area contributed by atoms with Crippen LogP contribution in [0.15, 0.2) is 24.3 Å². The van der Waals surface area contributed by atoms with Crippen LogP contribution in [0.4, 0.5) is 0 Å². The fraction of sp³-hybridized carbons (Fsp3) is 0.588. The minimum absolute atomic E-state index is 0.825. The van der Waals surface area contributed by atoms with Gasteiger partial charge in [0.1, 0.15) is 0 Å². The zero-order valence-electron chi connectivity index (χ0n) is 12.1. The average Bonchev–Trinajstić information content (AvgIpc) is 3.03. The van der Waals surface area contributed by atoms with Crippen molar-refractivity contribution in [1.29, 1.82) is 5.26 Å². The molecule has 106 valence electrons. The largest absolute Gasteiger partial charge is 0.298 e. The number of piperazine rings is 1. The van der Waals surface area contributed by atoms with Crippen molar-refractivity contribution in [2.45, 2.75) is 38.3 Å². The van der Waals surface area contributed by atoms with Crippen LogP contribution < -0.4 is 0 Å². The van der Waals surface area contributed by atoms with Crippen LogP contribution in [0.2, 0.25) is 0 Å². The Balaban J connectivity index is 1.54. The van der Waals surface area contributed by atoms with E-state index in [2.05, 4.69) is 21.9 Å². The summed E-state index contributed by atoms with van der Waals surface area (Å²) in [5.41, 5.74) is 2.00. The molecule has 0 radical (unpaired) electrons. The molecule has 1 saturated carbocycles. The Morgan fingerprint density at radius 2 is 1.75 bits per heavy atom. The second kappa shape index (κ2) is 6.39. The van der Waals surface area contributed by atoms with Gasteiger partial charge in [-0.3, -0.25) is 9.80 Å². The number of nitrogens with zero attached hydrogens (tertiary/aromatic N) is 3. The van der Waals surface area contributed by atoms with Crippen LogP contribution in [0.1, 0.15) is 36.8 Å². The van der Waals surface area contributed by atoms with E-state index in [-0.39, 0.29) is 0 Å². The van der Waals surface area contributed by atoms with Gasteiger partial charge in [0, 0.05) is 38.8 Å². The third kappa shape index (κ3) is 3.03. The molecule has 0 N–H and O–H groups in total. The molecule has 0 amide bonds. The van der Waals surface area contributed by atoms with Crippen molar-refractivity contribution < 1.29 is 0 Å². The molecule has 0 spiro atoms. The first-order chi connectivity index (χ1) is 9.86. The van der Waals surface area contributed by atoms with Crippen LogP contribution in [0, 0.1) is 11.3 Å². The summed E-state index contributed by atoms with van der Waals surface area (Å²) in [7, 11) is 0. The second-order valence-electron chi connectivity index (χ2n) is 6.02. The summed E-state index contributed by atoms with van der Waals surface area (Å²) in [6.07, 6.45) is 5.63. The lowest BCUT2D eigenvalue weighted by molar-refractivity contribution is 0.0936. The molecule has 1 saturated heterocycles. The summed E-state index contributed by atoms with van der Waals surface area (Å²) in [6, 6.07) is 11.1. The van der Waals surface area contributed by atoms with Crippen LogP contribution >= 0.6 is 0 Å². The standard InChI is InChI=1S/C17H23N3/c18-13-15-5-1-2-6-16(15)14-19-9-11-20(12-10-19)17-7-3-4-8-17/h1-2,5-6,17H,3-4,7-12,14H2. The number of rotatable bonds is 3. The first-order valence-electron chi connectivity index (χ1n) is 7.81. The summed E-state index contributed by atoms with van der Waals surface area (Å²) >= 11 is 0. The van der Waals surface area contributed by atoms with E-state index in [9.17, 15) is 0 Å². The van der Waals surface area contributed by atoms with Gasteiger partial charge in [0.15, 0.2) is 0 Å². The number of nitriles is 1. The topological polar surface area (TPSA) is 30.3 Å². The second-order valence-corrected chi connectivity index (χ2v) is 6.02. The summed E-state index contributed by atoms with van der Waals surface area (Å²) < 4.78 is 0. The van der Waals surface area contributed by atoms with Gasteiger partial charge < -0.3 is 0 Å². The van der Waals surface area contributed by atoms with Crippen molar-refractivity contribution in [1.82, 2.24) is 9.80 Å². The normalized spacial score (nSPS) is 21.9. The van der Waals surface area contributed by atoms with Crippen molar-refractivity contribution in [3.05, 3.63) is 35.4 Å². The van der Waals surface area contributed by atoms with Gasteiger partial charge in [0.05, 0.1) is 11.6 Å². The van der Waals surface area contributed by atoms with E-state index in [0.717, 1.165) is 31.2 Å². The highest BCUT2D eigenvalue weighted by molar-refractivity contribution is 5.37. The molecule has 3 nitrogen and oxygen atoms in total. The predicted molar refractivity (Wildman–Crippen MR) is 80.3 cm³/mol. The molecule has 1 aromatic rings. The molecular formula is C17H23N3. The Bertz CT molecular complexity index is 477. The molecule has 1 aliphatic heterocycles. The van der Waals surface area contributed by atoms with Gasteiger partial charge in [-0.15, -0.1) is 0 Å². The molecule has 2 aliphatic rings. The predicted octanol–water partition coefficient (Wildman–Crippen LogP) is 2.62. The van der Waals surface area contributed by atoms with E-state index in [0.29, 0.717) is 0 Å². The lowest BCUT2D eigenvalue weighted by Crippen LogP contribution is -2.49. The molecule has 1 aliphatic carbocycles. The van der Waals surface area contributed by atoms with Gasteiger partial charge in [-0.2, -0.15) is 5.26 Å². The highest BCUT2D eigenvalue weighted by Crippen LogP contribution is 2.24. The maximum Gasteiger partial charge on any atom is 0.0995 e. The monoisotopic (exact) mass is 269 g/mol. The van der Waals surface area contributed by atoms with Gasteiger partial charge in [0.25, 0.3) is 0 Å². The lowest BCUT2D eigenvalue weighted by atomic mass is 10.1. The minimum Gasteiger partial charge on any atom is -0.298 e. The highest BCUT2D eigenvalue weighted by atomic mass is 15.3. The maximum atomic E-state index is 9.16. The van der Waals surface area contributed by atoms with Crippen LogP contribution in [0.25, 0.3) is 0 Å². The lowest BCUT2D eigenvalue weighted by Gasteiger charge is -2.38. The maximum absolute atomic E-state index is 9.16. The number of benzene rings is 1. The van der Waals surface area contributed by atoms with Crippen molar-refractivity contribution in [2.24, 2.45) is 0 Å². The Morgan fingerprint density at radius 3 is 2.45 bits per heavy atom. The van der Waals surface area contributed by atoms with E-state index in [1.54, 1.807) is 0 Å². The highest BCUT2D eigenvalue weighted by Gasteiger charge is 2.26. The van der Waals surface area contributed by atoms with Crippen molar-refractivity contribution in [2.75, 3.05) is 26.2 Å². The fourth-order valence-electron chi connectivity index (χ4n) is 3.56. The van der Waals surface area contributed by atoms with Gasteiger partial charge in [-0.25, -0.2) is 0 Å². The van der Waals surface area contributed by atoms with E-state index < -0.39 is 0 Å². The van der Waals surface area contributed by atoms with Crippen molar-refractivity contribution >= 4 is 0 Å². The molecule has 20 heavy (non-hydrogen) atoms. The summed E-state index contributed by atoms with van der Waals surface area (Å²) in [5, 5.41) is 9.16. The van der Waals surface area contributed by atoms with Gasteiger partial charge in [0.2, 0.25) is 0 Å². The first-order valence-corrected chi connectivity index (χ1v) is 7.81. The Morgan fingerprint density at radius 1 is 1.05 bits per heavy atom. The molecule has 0 bridgehead atoms. The van der Waals surface area contributed by atoms with E-state index in [1.807, 2.05) is 18.2 Å². The molecule has 0 atom stereocenters. The summed E-state index contributed by atoms with van der Waals surface area (Å²) in [4.78, 5) is 5.17. The number of hydrogen-bond acceptors (Lipinski definition) is 3. The fourth-order valence-corrected chi connectivity index (χ4v) is 3.56. The minimum atomic E-state index is 0.825. The number of hydrogen-bond donors (Lipinski definition) is 0. The van der Waals surface area contributed by atoms with Gasteiger partial charge in [-0.05, 0) is 24.5 Å². The van der Waals surface area contributed by atoms with Gasteiger partial charge in [-0.1, -0.05) is 31.0 Å². The first kappa shape index (κ1) is 13.6. The smallest absolute Gasteiger partial charge is 0.0995 e. The molecule has 1 heterocycles. The zero-order valence-corrected chi connectivity index (χ0v) is 12.1. The van der Waals surface area contributed by atoms with E-state index in [4.69, 9.17) is 5.26 Å². The van der Waals surface area contributed by atoms with Crippen LogP contribution in [-0.2, 0) is 6.54 Å². The average molecular weight is 269 g/mol. The Kier molecular flexibility index (Phi) is 4.34. The quantitative estimate of drug-likeness (QED) is 0.845. The summed E-state index contributed by atoms with van der Waals surface area (Å²) in [5.74, 6) is 0. The SMILES string of the molecule is N#Cc1ccccc1CN1CCN(C2CCCC2)CC1. The Hall–Kier alpha value is -1.37. The third-order valence-corrected chi connectivity index (χ3v) is 4.78. The third-order valence-electron chi connectivity index (χ3n) is 4.78. The van der Waals surface area contributed by atoms with E-state index >= 15 is 0 Å². The van der Waals surface area contributed by atoms with Crippen LogP contribution in [0.3, 0.4) is 0 Å². The molecule has 3 heteroatoms. The molecule has 3 rings (SSSR count). The molecule has 1 aromatic carbocycles. The molecular weight excluding hydrogens is 246 g/mol. The van der Waals surface area contributed by atoms with Crippen LogP contribution in [0.5, 0.6) is 0 Å². The zero-order chi connectivity index (χ0) is 13.8. The van der Waals surface area contributed by atoms with Crippen LogP contribution in [-0.4, -0.2) is 42.0 Å². The Labute approximate surface area is 121 Å². The van der Waals surface area contributed by atoms with Crippen molar-refractivity contribution in [3.8, 4) is 6.07 Å². The molecule has 2 fully saturated rings. The summed E-state index contributed by atoms with van der Waals surface area (Å²) in [6.45, 7) is 5.58. The van der Waals surface area contributed by atoms with Gasteiger partial charge >= 0.3 is 0 Å². The van der Waals surface area contributed by atoms with Crippen molar-refractivity contribution in [3.63, 3.8) is 0 Å². The molecule has 0 unspecified atom stereocenters. The van der Waals surface area contributed by atoms with E-state index in [1.165, 1.54) is 44.3 Å². The molecule has 0 aromatic heterocycles.